The number of nitrogens with zero attached hydrogens (tertiary/aromatic N) is 1. The van der Waals surface area contributed by atoms with E-state index >= 15 is 0 Å². The fourth-order valence-electron chi connectivity index (χ4n) is 1.39. The lowest BCUT2D eigenvalue weighted by atomic mass is 10.2. The Morgan fingerprint density at radius 3 is 2.42 bits per heavy atom. The number of carbonyl (C=O) groups excluding carboxylic acids is 1. The van der Waals surface area contributed by atoms with Gasteiger partial charge in [0, 0.05) is 12.4 Å². The number of carbonyl (C=O) groups is 1. The van der Waals surface area contributed by atoms with Crippen molar-refractivity contribution >= 4 is 43.6 Å². The highest BCUT2D eigenvalue weighted by molar-refractivity contribution is 9.11. The second kappa shape index (κ2) is 6.68. The molecule has 1 N–H and O–H groups in total. The number of ether oxygens (including phenoxy) is 1. The number of hydrogen-bond acceptors (Lipinski definition) is 3. The van der Waals surface area contributed by atoms with E-state index in [0.717, 1.165) is 5.56 Å². The van der Waals surface area contributed by atoms with Crippen LogP contribution in [0.2, 0.25) is 0 Å². The van der Waals surface area contributed by atoms with Gasteiger partial charge >= 0.3 is 6.09 Å². The zero-order valence-corrected chi connectivity index (χ0v) is 12.9. The molecule has 2 rings (SSSR count). The minimum absolute atomic E-state index is 0.229. The molecule has 1 amide bonds. The van der Waals surface area contributed by atoms with Gasteiger partial charge < -0.3 is 4.74 Å². The zero-order valence-electron chi connectivity index (χ0n) is 9.77. The van der Waals surface area contributed by atoms with E-state index in [0.29, 0.717) is 14.6 Å². The number of rotatable bonds is 3. The third kappa shape index (κ3) is 4.04. The van der Waals surface area contributed by atoms with E-state index in [9.17, 15) is 4.79 Å². The smallest absolute Gasteiger partial charge is 0.412 e. The van der Waals surface area contributed by atoms with E-state index in [1.54, 1.807) is 12.4 Å². The summed E-state index contributed by atoms with van der Waals surface area (Å²) in [7, 11) is 0. The topological polar surface area (TPSA) is 51.2 Å². The van der Waals surface area contributed by atoms with E-state index in [4.69, 9.17) is 4.74 Å². The number of hydrogen-bond donors (Lipinski definition) is 1. The Morgan fingerprint density at radius 2 is 1.79 bits per heavy atom. The largest absolute Gasteiger partial charge is 0.444 e. The van der Waals surface area contributed by atoms with E-state index in [2.05, 4.69) is 42.2 Å². The Morgan fingerprint density at radius 1 is 1.16 bits per heavy atom. The summed E-state index contributed by atoms with van der Waals surface area (Å²) in [6, 6.07) is 9.49. The van der Waals surface area contributed by atoms with Gasteiger partial charge in [0.1, 0.15) is 6.61 Å². The maximum atomic E-state index is 11.7. The first-order chi connectivity index (χ1) is 9.16. The normalized spacial score (nSPS) is 10.0. The van der Waals surface area contributed by atoms with Crippen LogP contribution in [-0.2, 0) is 11.3 Å². The van der Waals surface area contributed by atoms with Gasteiger partial charge in [-0.05, 0) is 37.4 Å². The maximum Gasteiger partial charge on any atom is 0.412 e. The molecule has 98 valence electrons. The Kier molecular flexibility index (Phi) is 4.93. The molecule has 0 fully saturated rings. The minimum atomic E-state index is -0.517. The molecule has 0 saturated heterocycles. The molecule has 0 aliphatic rings. The summed E-state index contributed by atoms with van der Waals surface area (Å²) in [5.74, 6) is 0. The van der Waals surface area contributed by atoms with Gasteiger partial charge in [-0.2, -0.15) is 0 Å². The van der Waals surface area contributed by atoms with E-state index in [1.807, 2.05) is 30.3 Å². The number of aromatic nitrogens is 1. The van der Waals surface area contributed by atoms with Gasteiger partial charge in [-0.25, -0.2) is 4.79 Å². The zero-order chi connectivity index (χ0) is 13.7. The molecule has 19 heavy (non-hydrogen) atoms. The highest BCUT2D eigenvalue weighted by Gasteiger charge is 2.10. The van der Waals surface area contributed by atoms with Crippen LogP contribution in [-0.4, -0.2) is 11.1 Å². The minimum Gasteiger partial charge on any atom is -0.444 e. The van der Waals surface area contributed by atoms with E-state index < -0.39 is 6.09 Å². The standard InChI is InChI=1S/C13H10Br2N2O2/c14-10-6-16-7-11(15)12(10)17-13(18)19-8-9-4-2-1-3-5-9/h1-7H,8H2,(H,16,17,18). The molecule has 1 heterocycles. The first-order valence-corrected chi connectivity index (χ1v) is 7.02. The van der Waals surface area contributed by atoms with Gasteiger partial charge in [0.2, 0.25) is 0 Å². The van der Waals surface area contributed by atoms with Gasteiger partial charge in [-0.15, -0.1) is 0 Å². The predicted molar refractivity (Wildman–Crippen MR) is 79.9 cm³/mol. The number of benzene rings is 1. The van der Waals surface area contributed by atoms with Crippen LogP contribution in [0, 0.1) is 0 Å². The molecule has 0 saturated carbocycles. The van der Waals surface area contributed by atoms with Crippen molar-refractivity contribution in [2.24, 2.45) is 0 Å². The van der Waals surface area contributed by atoms with Gasteiger partial charge in [-0.3, -0.25) is 10.3 Å². The summed E-state index contributed by atoms with van der Waals surface area (Å²) < 4.78 is 6.49. The average Bonchev–Trinajstić information content (AvgIpc) is 2.42. The summed E-state index contributed by atoms with van der Waals surface area (Å²) in [4.78, 5) is 15.7. The van der Waals surface area contributed by atoms with E-state index in [-0.39, 0.29) is 6.61 Å². The van der Waals surface area contributed by atoms with Gasteiger partial charge in [0.15, 0.2) is 0 Å². The maximum absolute atomic E-state index is 11.7. The quantitative estimate of drug-likeness (QED) is 0.854. The number of halogens is 2. The van der Waals surface area contributed by atoms with Crippen molar-refractivity contribution < 1.29 is 9.53 Å². The molecule has 0 spiro atoms. The number of pyridine rings is 1. The van der Waals surface area contributed by atoms with Crippen LogP contribution in [0.3, 0.4) is 0 Å². The summed E-state index contributed by atoms with van der Waals surface area (Å²) in [6.07, 6.45) is 2.67. The molecule has 0 aliphatic heterocycles. The van der Waals surface area contributed by atoms with Crippen molar-refractivity contribution in [3.63, 3.8) is 0 Å². The van der Waals surface area contributed by atoms with E-state index in [1.165, 1.54) is 0 Å². The predicted octanol–water partition coefficient (Wildman–Crippen LogP) is 4.36. The van der Waals surface area contributed by atoms with Crippen LogP contribution in [0.4, 0.5) is 10.5 Å². The summed E-state index contributed by atoms with van der Waals surface area (Å²) >= 11 is 6.62. The van der Waals surface area contributed by atoms with Crippen molar-refractivity contribution in [1.82, 2.24) is 4.98 Å². The highest BCUT2D eigenvalue weighted by Crippen LogP contribution is 2.29. The van der Waals surface area contributed by atoms with Crippen LogP contribution < -0.4 is 5.32 Å². The van der Waals surface area contributed by atoms with Crippen molar-refractivity contribution in [1.29, 1.82) is 0 Å². The van der Waals surface area contributed by atoms with Crippen LogP contribution in [0.5, 0.6) is 0 Å². The SMILES string of the molecule is O=C(Nc1c(Br)cncc1Br)OCc1ccccc1. The molecule has 6 heteroatoms. The Balaban J connectivity index is 1.95. The molecular weight excluding hydrogens is 376 g/mol. The number of nitrogens with one attached hydrogen (secondary N) is 1. The van der Waals surface area contributed by atoms with Gasteiger partial charge in [0.05, 0.1) is 14.6 Å². The van der Waals surface area contributed by atoms with Crippen molar-refractivity contribution in [2.45, 2.75) is 6.61 Å². The van der Waals surface area contributed by atoms with Crippen molar-refractivity contribution in [3.05, 3.63) is 57.2 Å². The lowest BCUT2D eigenvalue weighted by Crippen LogP contribution is -2.14. The lowest BCUT2D eigenvalue weighted by molar-refractivity contribution is 0.155. The van der Waals surface area contributed by atoms with Crippen LogP contribution in [0.15, 0.2) is 51.7 Å². The van der Waals surface area contributed by atoms with Crippen LogP contribution in [0.25, 0.3) is 0 Å². The lowest BCUT2D eigenvalue weighted by Gasteiger charge is -2.09. The summed E-state index contributed by atoms with van der Waals surface area (Å²) in [5.41, 5.74) is 1.53. The van der Waals surface area contributed by atoms with Crippen molar-refractivity contribution in [2.75, 3.05) is 5.32 Å². The monoisotopic (exact) mass is 384 g/mol. The summed E-state index contributed by atoms with van der Waals surface area (Å²) in [6.45, 7) is 0.229. The molecular formula is C13H10Br2N2O2. The Hall–Kier alpha value is -1.40. The molecule has 0 radical (unpaired) electrons. The fourth-order valence-corrected chi connectivity index (χ4v) is 2.52. The molecule has 2 aromatic rings. The molecule has 0 bridgehead atoms. The fraction of sp³-hybridized carbons (Fsp3) is 0.0769. The highest BCUT2D eigenvalue weighted by atomic mass is 79.9. The Bertz CT molecular complexity index is 556. The van der Waals surface area contributed by atoms with Gasteiger partial charge in [-0.1, -0.05) is 30.3 Å². The molecule has 1 aromatic heterocycles. The Labute approximate surface area is 127 Å². The van der Waals surface area contributed by atoms with Gasteiger partial charge in [0.25, 0.3) is 0 Å². The molecule has 0 aliphatic carbocycles. The number of anilines is 1. The second-order valence-corrected chi connectivity index (χ2v) is 5.37. The van der Waals surface area contributed by atoms with Crippen molar-refractivity contribution in [3.8, 4) is 0 Å². The number of amides is 1. The second-order valence-electron chi connectivity index (χ2n) is 3.66. The van der Waals surface area contributed by atoms with Crippen LogP contribution in [0.1, 0.15) is 5.56 Å². The molecule has 1 aromatic carbocycles. The van der Waals surface area contributed by atoms with Crippen LogP contribution >= 0.6 is 31.9 Å². The first kappa shape index (κ1) is 14.0. The molecule has 0 unspecified atom stereocenters. The molecule has 0 atom stereocenters. The molecule has 4 nitrogen and oxygen atoms in total. The first-order valence-electron chi connectivity index (χ1n) is 5.43. The third-order valence-corrected chi connectivity index (χ3v) is 3.50. The third-order valence-electron chi connectivity index (χ3n) is 2.29. The summed E-state index contributed by atoms with van der Waals surface area (Å²) in [5, 5.41) is 2.65. The average molecular weight is 386 g/mol.